The maximum atomic E-state index is 14.5. The fourth-order valence-electron chi connectivity index (χ4n) is 4.98. The molecular weight excluding hydrogens is 566 g/mol. The molecule has 0 radical (unpaired) electrons. The lowest BCUT2D eigenvalue weighted by Gasteiger charge is -2.51. The van der Waals surface area contributed by atoms with Crippen LogP contribution in [0, 0.1) is 9.39 Å². The average Bonchev–Trinajstić information content (AvgIpc) is 3.37. The number of aromatic nitrogens is 3. The Morgan fingerprint density at radius 3 is 2.74 bits per heavy atom. The first kappa shape index (κ1) is 24.3. The van der Waals surface area contributed by atoms with Gasteiger partial charge in [-0.25, -0.2) is 4.39 Å². The van der Waals surface area contributed by atoms with Crippen molar-refractivity contribution in [3.8, 4) is 0 Å². The SMILES string of the molecule is CC(NC1CCC[C@]1(C)O)C1(O)CN(C(=O)c2cc3[nH]nnc3cc2Nc2ccc(I)cc2F)C1. The second-order valence-corrected chi connectivity index (χ2v) is 11.2. The number of hydrogen-bond acceptors (Lipinski definition) is 7. The summed E-state index contributed by atoms with van der Waals surface area (Å²) in [6.45, 7) is 3.98. The highest BCUT2D eigenvalue weighted by atomic mass is 127. The molecule has 1 saturated heterocycles. The number of carbonyl (C=O) groups excluding carboxylic acids is 1. The van der Waals surface area contributed by atoms with Crippen molar-refractivity contribution in [2.75, 3.05) is 18.4 Å². The number of nitrogens with zero attached hydrogens (tertiary/aromatic N) is 3. The number of nitrogens with one attached hydrogen (secondary N) is 3. The van der Waals surface area contributed by atoms with Gasteiger partial charge in [0.25, 0.3) is 5.91 Å². The molecule has 3 aromatic rings. The summed E-state index contributed by atoms with van der Waals surface area (Å²) in [5, 5.41) is 38.7. The summed E-state index contributed by atoms with van der Waals surface area (Å²) in [6.07, 6.45) is 2.50. The third-order valence-corrected chi connectivity index (χ3v) is 7.97. The largest absolute Gasteiger partial charge is 0.389 e. The molecule has 5 N–H and O–H groups in total. The highest BCUT2D eigenvalue weighted by Crippen LogP contribution is 2.34. The van der Waals surface area contributed by atoms with Crippen LogP contribution in [0.1, 0.15) is 43.5 Å². The van der Waals surface area contributed by atoms with Gasteiger partial charge < -0.3 is 25.7 Å². The van der Waals surface area contributed by atoms with Gasteiger partial charge in [-0.15, -0.1) is 5.10 Å². The molecule has 186 valence electrons. The normalized spacial score (nSPS) is 24.4. The maximum absolute atomic E-state index is 14.5. The molecule has 0 spiro atoms. The van der Waals surface area contributed by atoms with Crippen LogP contribution in [0.5, 0.6) is 0 Å². The van der Waals surface area contributed by atoms with Gasteiger partial charge in [0.2, 0.25) is 0 Å². The number of fused-ring (bicyclic) bond motifs is 1. The van der Waals surface area contributed by atoms with Gasteiger partial charge in [-0.1, -0.05) is 5.21 Å². The Bertz CT molecular complexity index is 1280. The lowest BCUT2D eigenvalue weighted by atomic mass is 9.85. The zero-order chi connectivity index (χ0) is 25.0. The molecule has 5 rings (SSSR count). The number of amides is 1. The smallest absolute Gasteiger partial charge is 0.256 e. The van der Waals surface area contributed by atoms with Gasteiger partial charge in [0.05, 0.1) is 41.1 Å². The van der Waals surface area contributed by atoms with Crippen molar-refractivity contribution in [1.82, 2.24) is 25.6 Å². The number of halogens is 2. The molecule has 2 aromatic carbocycles. The molecule has 9 nitrogen and oxygen atoms in total. The van der Waals surface area contributed by atoms with E-state index in [0.717, 1.165) is 22.8 Å². The van der Waals surface area contributed by atoms with Crippen LogP contribution in [0.15, 0.2) is 30.3 Å². The van der Waals surface area contributed by atoms with E-state index in [2.05, 4.69) is 26.0 Å². The summed E-state index contributed by atoms with van der Waals surface area (Å²) < 4.78 is 15.3. The van der Waals surface area contributed by atoms with Gasteiger partial charge in [0, 0.05) is 15.7 Å². The van der Waals surface area contributed by atoms with E-state index in [-0.39, 0.29) is 36.8 Å². The quantitative estimate of drug-likeness (QED) is 0.278. The Morgan fingerprint density at radius 1 is 1.29 bits per heavy atom. The summed E-state index contributed by atoms with van der Waals surface area (Å²) in [7, 11) is 0. The Morgan fingerprint density at radius 2 is 2.06 bits per heavy atom. The lowest BCUT2D eigenvalue weighted by Crippen LogP contribution is -2.72. The summed E-state index contributed by atoms with van der Waals surface area (Å²) in [5.41, 5.74) is 0.173. The van der Waals surface area contributed by atoms with E-state index in [1.54, 1.807) is 29.2 Å². The van der Waals surface area contributed by atoms with Gasteiger partial charge >= 0.3 is 0 Å². The van der Waals surface area contributed by atoms with Crippen LogP contribution in [0.2, 0.25) is 0 Å². The number of H-pyrrole nitrogens is 1. The molecule has 0 bridgehead atoms. The molecule has 3 atom stereocenters. The fraction of sp³-hybridized carbons (Fsp3) is 0.458. The van der Waals surface area contributed by atoms with Crippen LogP contribution in [0.25, 0.3) is 11.0 Å². The number of hydrogen-bond donors (Lipinski definition) is 5. The van der Waals surface area contributed by atoms with Crippen LogP contribution in [-0.4, -0.2) is 72.8 Å². The maximum Gasteiger partial charge on any atom is 0.256 e. The number of β-amino-alcohol motifs (C(OH)–C–C–N with tert-alkyl or cyclic N) is 1. The Balaban J connectivity index is 1.35. The predicted molar refractivity (Wildman–Crippen MR) is 138 cm³/mol. The summed E-state index contributed by atoms with van der Waals surface area (Å²) in [4.78, 5) is 15.0. The van der Waals surface area contributed by atoms with Crippen molar-refractivity contribution < 1.29 is 19.4 Å². The van der Waals surface area contributed by atoms with Gasteiger partial charge in [0.15, 0.2) is 0 Å². The molecule has 1 aliphatic heterocycles. The minimum absolute atomic E-state index is 0.0961. The second-order valence-electron chi connectivity index (χ2n) is 9.93. The average molecular weight is 594 g/mol. The molecule has 35 heavy (non-hydrogen) atoms. The number of aliphatic hydroxyl groups is 2. The Hall–Kier alpha value is -2.35. The van der Waals surface area contributed by atoms with Crippen molar-refractivity contribution in [1.29, 1.82) is 0 Å². The lowest BCUT2D eigenvalue weighted by molar-refractivity contribution is -0.106. The molecule has 2 heterocycles. The third-order valence-electron chi connectivity index (χ3n) is 7.30. The Kier molecular flexibility index (Phi) is 6.22. The van der Waals surface area contributed by atoms with Crippen LogP contribution >= 0.6 is 22.6 Å². The van der Waals surface area contributed by atoms with Gasteiger partial charge in [0.1, 0.15) is 16.9 Å². The summed E-state index contributed by atoms with van der Waals surface area (Å²) in [5.74, 6) is -0.726. The first-order chi connectivity index (χ1) is 16.6. The number of likely N-dealkylation sites (tertiary alicyclic amines) is 1. The van der Waals surface area contributed by atoms with Gasteiger partial charge in [-0.3, -0.25) is 9.89 Å². The van der Waals surface area contributed by atoms with Crippen molar-refractivity contribution in [3.63, 3.8) is 0 Å². The highest BCUT2D eigenvalue weighted by molar-refractivity contribution is 14.1. The van der Waals surface area contributed by atoms with E-state index in [9.17, 15) is 19.4 Å². The highest BCUT2D eigenvalue weighted by Gasteiger charge is 2.50. The topological polar surface area (TPSA) is 126 Å². The van der Waals surface area contributed by atoms with E-state index in [1.165, 1.54) is 6.07 Å². The first-order valence-electron chi connectivity index (χ1n) is 11.6. The standard InChI is InChI=1S/C24H28FIN6O3/c1-13(27-21-4-3-7-23(21,2)34)24(35)11-32(12-24)22(33)15-9-19-20(30-31-29-19)10-18(15)28-17-6-5-14(26)8-16(17)25/h5-6,8-10,13,21,27-28,34-35H,3-4,7,11-12H2,1-2H3,(H,29,30,31)/t13?,21?,23-/m0/s1. The van der Waals surface area contributed by atoms with Crippen molar-refractivity contribution in [3.05, 3.63) is 45.3 Å². The van der Waals surface area contributed by atoms with E-state index in [0.29, 0.717) is 22.3 Å². The van der Waals surface area contributed by atoms with E-state index in [4.69, 9.17) is 0 Å². The summed E-state index contributed by atoms with van der Waals surface area (Å²) in [6, 6.07) is 7.69. The van der Waals surface area contributed by atoms with Gasteiger partial charge in [-0.2, -0.15) is 0 Å². The number of rotatable bonds is 6. The zero-order valence-corrected chi connectivity index (χ0v) is 21.6. The zero-order valence-electron chi connectivity index (χ0n) is 19.5. The van der Waals surface area contributed by atoms with E-state index < -0.39 is 17.0 Å². The number of aromatic amines is 1. The molecular formula is C24H28FIN6O3. The molecule has 1 saturated carbocycles. The van der Waals surface area contributed by atoms with Crippen LogP contribution in [0.3, 0.4) is 0 Å². The first-order valence-corrected chi connectivity index (χ1v) is 12.7. The number of benzene rings is 2. The molecule has 1 amide bonds. The number of carbonyl (C=O) groups is 1. The Labute approximate surface area is 215 Å². The van der Waals surface area contributed by atoms with Gasteiger partial charge in [-0.05, 0) is 86.0 Å². The van der Waals surface area contributed by atoms with E-state index in [1.807, 2.05) is 36.4 Å². The minimum Gasteiger partial charge on any atom is -0.389 e. The number of anilines is 2. The second kappa shape index (κ2) is 8.95. The minimum atomic E-state index is -1.11. The third kappa shape index (κ3) is 4.61. The van der Waals surface area contributed by atoms with E-state index >= 15 is 0 Å². The van der Waals surface area contributed by atoms with Crippen molar-refractivity contribution in [2.45, 2.75) is 56.4 Å². The van der Waals surface area contributed by atoms with Crippen LogP contribution < -0.4 is 10.6 Å². The molecule has 11 heteroatoms. The molecule has 2 fully saturated rings. The molecule has 2 aliphatic rings. The summed E-state index contributed by atoms with van der Waals surface area (Å²) >= 11 is 2.03. The monoisotopic (exact) mass is 594 g/mol. The van der Waals surface area contributed by atoms with Crippen molar-refractivity contribution in [2.24, 2.45) is 0 Å². The fourth-order valence-corrected chi connectivity index (χ4v) is 5.43. The molecule has 2 unspecified atom stereocenters. The molecule has 1 aromatic heterocycles. The van der Waals surface area contributed by atoms with Crippen LogP contribution in [-0.2, 0) is 0 Å². The van der Waals surface area contributed by atoms with Crippen molar-refractivity contribution >= 4 is 50.9 Å². The van der Waals surface area contributed by atoms with Crippen LogP contribution in [0.4, 0.5) is 15.8 Å². The predicted octanol–water partition coefficient (Wildman–Crippen LogP) is 2.91. The molecule has 1 aliphatic carbocycles.